The van der Waals surface area contributed by atoms with Crippen LogP contribution in [0.1, 0.15) is 34.2 Å². The molecule has 3 aromatic rings. The number of halogens is 3. The Bertz CT molecular complexity index is 1180. The molecular formula is C23H21F3N2O4. The second-order valence-corrected chi connectivity index (χ2v) is 7.35. The van der Waals surface area contributed by atoms with Crippen molar-refractivity contribution in [3.63, 3.8) is 0 Å². The molecule has 0 saturated heterocycles. The Morgan fingerprint density at radius 3 is 2.59 bits per heavy atom. The van der Waals surface area contributed by atoms with E-state index in [4.69, 9.17) is 15.2 Å². The summed E-state index contributed by atoms with van der Waals surface area (Å²) in [6.07, 6.45) is -4.29. The van der Waals surface area contributed by atoms with Crippen molar-refractivity contribution in [3.05, 3.63) is 65.0 Å². The monoisotopic (exact) mass is 446 g/mol. The van der Waals surface area contributed by atoms with E-state index in [1.807, 2.05) is 29.7 Å². The molecule has 1 amide bonds. The third-order valence-electron chi connectivity index (χ3n) is 5.35. The van der Waals surface area contributed by atoms with E-state index in [-0.39, 0.29) is 18.1 Å². The molecule has 1 aliphatic rings. The fourth-order valence-corrected chi connectivity index (χ4v) is 4.06. The van der Waals surface area contributed by atoms with Gasteiger partial charge in [0.1, 0.15) is 5.75 Å². The Morgan fingerprint density at radius 2 is 1.91 bits per heavy atom. The molecule has 0 spiro atoms. The van der Waals surface area contributed by atoms with Crippen molar-refractivity contribution in [3.8, 4) is 28.4 Å². The van der Waals surface area contributed by atoms with Gasteiger partial charge < -0.3 is 24.5 Å². The zero-order valence-corrected chi connectivity index (χ0v) is 17.5. The molecule has 2 N–H and O–H groups in total. The van der Waals surface area contributed by atoms with Crippen LogP contribution in [0.15, 0.2) is 42.5 Å². The maximum atomic E-state index is 12.7. The molecule has 0 aliphatic carbocycles. The van der Waals surface area contributed by atoms with Gasteiger partial charge in [-0.2, -0.15) is 0 Å². The van der Waals surface area contributed by atoms with Gasteiger partial charge in [0.25, 0.3) is 5.91 Å². The number of alkyl halides is 3. The number of benzene rings is 2. The maximum Gasteiger partial charge on any atom is 0.573 e. The fourth-order valence-electron chi connectivity index (χ4n) is 4.06. The number of nitrogens with zero attached hydrogens (tertiary/aromatic N) is 1. The van der Waals surface area contributed by atoms with Gasteiger partial charge in [-0.25, -0.2) is 0 Å². The van der Waals surface area contributed by atoms with E-state index in [1.165, 1.54) is 18.2 Å². The highest BCUT2D eigenvalue weighted by molar-refractivity contribution is 6.02. The molecule has 168 valence electrons. The van der Waals surface area contributed by atoms with Gasteiger partial charge in [0.05, 0.1) is 5.56 Å². The van der Waals surface area contributed by atoms with Crippen LogP contribution in [-0.4, -0.2) is 23.6 Å². The molecule has 0 fully saturated rings. The van der Waals surface area contributed by atoms with Crippen molar-refractivity contribution >= 4 is 5.91 Å². The minimum atomic E-state index is -4.82. The summed E-state index contributed by atoms with van der Waals surface area (Å²) in [6.45, 7) is 4.26. The van der Waals surface area contributed by atoms with Crippen LogP contribution >= 0.6 is 0 Å². The number of carbonyl (C=O) groups is 1. The molecule has 6 nitrogen and oxygen atoms in total. The molecule has 1 aromatic heterocycles. The van der Waals surface area contributed by atoms with Crippen LogP contribution in [0.3, 0.4) is 0 Å². The summed E-state index contributed by atoms with van der Waals surface area (Å²) in [4.78, 5) is 12.4. The normalized spacial score (nSPS) is 12.8. The van der Waals surface area contributed by atoms with Crippen LogP contribution in [0.5, 0.6) is 17.2 Å². The van der Waals surface area contributed by atoms with Crippen molar-refractivity contribution in [2.75, 3.05) is 6.79 Å². The lowest BCUT2D eigenvalue weighted by Gasteiger charge is -2.13. The first kappa shape index (κ1) is 21.6. The van der Waals surface area contributed by atoms with Gasteiger partial charge in [0.15, 0.2) is 11.5 Å². The van der Waals surface area contributed by atoms with Crippen molar-refractivity contribution in [1.82, 2.24) is 4.57 Å². The van der Waals surface area contributed by atoms with Gasteiger partial charge in [0, 0.05) is 23.5 Å². The fraction of sp³-hybridized carbons (Fsp3) is 0.261. The molecule has 9 heteroatoms. The number of hydrogen-bond donors (Lipinski definition) is 1. The summed E-state index contributed by atoms with van der Waals surface area (Å²) in [5.74, 6) is 0.277. The minimum Gasteiger partial charge on any atom is -0.454 e. The summed E-state index contributed by atoms with van der Waals surface area (Å²) in [7, 11) is 0. The predicted octanol–water partition coefficient (Wildman–Crippen LogP) is 4.80. The lowest BCUT2D eigenvalue weighted by molar-refractivity contribution is -0.274. The first-order valence-corrected chi connectivity index (χ1v) is 9.94. The highest BCUT2D eigenvalue weighted by Crippen LogP contribution is 2.37. The van der Waals surface area contributed by atoms with Gasteiger partial charge in [-0.15, -0.1) is 13.2 Å². The SMILES string of the molecule is CCc1c(-c2cccc(OC(F)(F)F)c2)c(C(N)=O)c(C)n1Cc1ccc2c(c1)OCO2. The summed E-state index contributed by atoms with van der Waals surface area (Å²) in [6, 6.07) is 11.1. The van der Waals surface area contributed by atoms with E-state index in [1.54, 1.807) is 13.0 Å². The summed E-state index contributed by atoms with van der Waals surface area (Å²) >= 11 is 0. The average Bonchev–Trinajstić information content (AvgIpc) is 3.29. The predicted molar refractivity (Wildman–Crippen MR) is 111 cm³/mol. The maximum absolute atomic E-state index is 12.7. The number of aromatic nitrogens is 1. The zero-order valence-electron chi connectivity index (χ0n) is 17.5. The second-order valence-electron chi connectivity index (χ2n) is 7.35. The molecule has 0 saturated carbocycles. The Balaban J connectivity index is 1.81. The number of nitrogens with two attached hydrogens (primary N) is 1. The van der Waals surface area contributed by atoms with Crippen LogP contribution < -0.4 is 19.9 Å². The average molecular weight is 446 g/mol. The van der Waals surface area contributed by atoms with Crippen molar-refractivity contribution in [2.45, 2.75) is 33.2 Å². The number of fused-ring (bicyclic) bond motifs is 1. The van der Waals surface area contributed by atoms with E-state index in [9.17, 15) is 18.0 Å². The third-order valence-corrected chi connectivity index (χ3v) is 5.35. The van der Waals surface area contributed by atoms with E-state index in [0.29, 0.717) is 41.3 Å². The van der Waals surface area contributed by atoms with Gasteiger partial charge >= 0.3 is 6.36 Å². The van der Waals surface area contributed by atoms with E-state index in [2.05, 4.69) is 4.74 Å². The van der Waals surface area contributed by atoms with Crippen molar-refractivity contribution in [1.29, 1.82) is 0 Å². The highest BCUT2D eigenvalue weighted by Gasteiger charge is 2.31. The van der Waals surface area contributed by atoms with Crippen LogP contribution in [0, 0.1) is 6.92 Å². The first-order valence-electron chi connectivity index (χ1n) is 9.94. The van der Waals surface area contributed by atoms with Crippen LogP contribution in [0.25, 0.3) is 11.1 Å². The highest BCUT2D eigenvalue weighted by atomic mass is 19.4. The molecule has 0 radical (unpaired) electrons. The number of ether oxygens (including phenoxy) is 3. The van der Waals surface area contributed by atoms with E-state index < -0.39 is 12.3 Å². The van der Waals surface area contributed by atoms with Crippen molar-refractivity contribution in [2.24, 2.45) is 5.73 Å². The van der Waals surface area contributed by atoms with Gasteiger partial charge in [-0.05, 0) is 48.7 Å². The Morgan fingerprint density at radius 1 is 1.16 bits per heavy atom. The van der Waals surface area contributed by atoms with Gasteiger partial charge in [-0.1, -0.05) is 25.1 Å². The summed E-state index contributed by atoms with van der Waals surface area (Å²) in [5.41, 5.74) is 9.21. The Kier molecular flexibility index (Phi) is 5.50. The number of carbonyl (C=O) groups excluding carboxylic acids is 1. The lowest BCUT2D eigenvalue weighted by atomic mass is 9.98. The smallest absolute Gasteiger partial charge is 0.454 e. The van der Waals surface area contributed by atoms with Crippen LogP contribution in [0.4, 0.5) is 13.2 Å². The van der Waals surface area contributed by atoms with E-state index >= 15 is 0 Å². The zero-order chi connectivity index (χ0) is 23.0. The number of amides is 1. The van der Waals surface area contributed by atoms with Crippen LogP contribution in [-0.2, 0) is 13.0 Å². The topological polar surface area (TPSA) is 75.7 Å². The van der Waals surface area contributed by atoms with E-state index in [0.717, 1.165) is 11.3 Å². The van der Waals surface area contributed by atoms with Crippen LogP contribution in [0.2, 0.25) is 0 Å². The number of rotatable bonds is 6. The molecule has 0 bridgehead atoms. The summed E-state index contributed by atoms with van der Waals surface area (Å²) in [5, 5.41) is 0. The van der Waals surface area contributed by atoms with Crippen molar-refractivity contribution < 1.29 is 32.2 Å². The second kappa shape index (κ2) is 8.14. The van der Waals surface area contributed by atoms with Gasteiger partial charge in [-0.3, -0.25) is 4.79 Å². The first-order chi connectivity index (χ1) is 15.2. The minimum absolute atomic E-state index is 0.161. The molecule has 32 heavy (non-hydrogen) atoms. The molecule has 2 heterocycles. The molecule has 2 aromatic carbocycles. The quantitative estimate of drug-likeness (QED) is 0.590. The molecule has 1 aliphatic heterocycles. The Hall–Kier alpha value is -3.62. The molecule has 4 rings (SSSR count). The Labute approximate surface area is 182 Å². The lowest BCUT2D eigenvalue weighted by Crippen LogP contribution is -2.17. The molecule has 0 unspecified atom stereocenters. The van der Waals surface area contributed by atoms with Gasteiger partial charge in [0.2, 0.25) is 6.79 Å². The third kappa shape index (κ3) is 4.10. The standard InChI is InChI=1S/C23H21F3N2O4/c1-3-17-21(15-5-4-6-16(10-15)32-23(24,25)26)20(22(27)29)13(2)28(17)11-14-7-8-18-19(9-14)31-12-30-18/h4-10H,3,11-12H2,1-2H3,(H2,27,29). The summed E-state index contributed by atoms with van der Waals surface area (Å²) < 4.78 is 54.9. The number of hydrogen-bond acceptors (Lipinski definition) is 4. The largest absolute Gasteiger partial charge is 0.573 e. The molecular weight excluding hydrogens is 425 g/mol. The number of primary amides is 1. The molecule has 0 atom stereocenters.